The third kappa shape index (κ3) is 2.60. The van der Waals surface area contributed by atoms with Crippen molar-refractivity contribution in [2.24, 2.45) is 0 Å². The average Bonchev–Trinajstić information content (AvgIpc) is 3.01. The second-order valence-electron chi connectivity index (χ2n) is 5.90. The monoisotopic (exact) mass is 293 g/mol. The topological polar surface area (TPSA) is 30.5 Å². The van der Waals surface area contributed by atoms with E-state index in [1.165, 1.54) is 0 Å². The molecule has 2 aliphatic rings. The van der Waals surface area contributed by atoms with Crippen LogP contribution >= 0.6 is 0 Å². The van der Waals surface area contributed by atoms with Gasteiger partial charge in [0.05, 0.1) is 0 Å². The molecule has 2 heterocycles. The minimum absolute atomic E-state index is 0.176. The van der Waals surface area contributed by atoms with Gasteiger partial charge in [0.15, 0.2) is 0 Å². The standard InChI is InChI=1S/C19H19NO2/c1-2-4-15(5-3-1)13-21-17-7-6-16-8-9-19(10-11-20-14-19)22-18(16)12-17/h1-9,12,20H,10-11,13-14H2. The number of nitrogens with one attached hydrogen (secondary N) is 1. The minimum atomic E-state index is -0.176. The smallest absolute Gasteiger partial charge is 0.141 e. The first-order valence-corrected chi connectivity index (χ1v) is 7.73. The molecule has 1 fully saturated rings. The van der Waals surface area contributed by atoms with Crippen LogP contribution in [0.4, 0.5) is 0 Å². The van der Waals surface area contributed by atoms with Crippen molar-refractivity contribution in [3.8, 4) is 11.5 Å². The molecule has 1 spiro atoms. The van der Waals surface area contributed by atoms with Crippen molar-refractivity contribution >= 4 is 6.08 Å². The van der Waals surface area contributed by atoms with E-state index in [1.54, 1.807) is 0 Å². The Balaban J connectivity index is 1.51. The van der Waals surface area contributed by atoms with Crippen LogP contribution in [-0.2, 0) is 6.61 Å². The van der Waals surface area contributed by atoms with E-state index in [1.807, 2.05) is 30.3 Å². The van der Waals surface area contributed by atoms with Crippen LogP contribution in [0.2, 0.25) is 0 Å². The molecule has 0 aliphatic carbocycles. The number of hydrogen-bond donors (Lipinski definition) is 1. The molecule has 1 saturated heterocycles. The Kier molecular flexibility index (Phi) is 3.35. The van der Waals surface area contributed by atoms with Crippen molar-refractivity contribution < 1.29 is 9.47 Å². The quantitative estimate of drug-likeness (QED) is 0.941. The summed E-state index contributed by atoms with van der Waals surface area (Å²) < 4.78 is 12.1. The summed E-state index contributed by atoms with van der Waals surface area (Å²) >= 11 is 0. The number of benzene rings is 2. The molecule has 2 aromatic carbocycles. The van der Waals surface area contributed by atoms with Crippen LogP contribution in [-0.4, -0.2) is 18.7 Å². The van der Waals surface area contributed by atoms with Gasteiger partial charge in [-0.25, -0.2) is 0 Å². The summed E-state index contributed by atoms with van der Waals surface area (Å²) in [6, 6.07) is 16.3. The van der Waals surface area contributed by atoms with E-state index in [2.05, 4.69) is 35.7 Å². The van der Waals surface area contributed by atoms with E-state index < -0.39 is 0 Å². The fourth-order valence-electron chi connectivity index (χ4n) is 2.98. The van der Waals surface area contributed by atoms with Gasteiger partial charge in [-0.2, -0.15) is 0 Å². The first-order valence-electron chi connectivity index (χ1n) is 7.73. The normalized spacial score (nSPS) is 22.4. The molecule has 0 saturated carbocycles. The van der Waals surface area contributed by atoms with Crippen molar-refractivity contribution in [2.45, 2.75) is 18.6 Å². The zero-order valence-electron chi connectivity index (χ0n) is 12.4. The van der Waals surface area contributed by atoms with E-state index in [0.717, 1.165) is 42.1 Å². The molecule has 1 atom stereocenters. The fourth-order valence-corrected chi connectivity index (χ4v) is 2.98. The van der Waals surface area contributed by atoms with Crippen LogP contribution in [0.3, 0.4) is 0 Å². The van der Waals surface area contributed by atoms with Gasteiger partial charge in [0.25, 0.3) is 0 Å². The van der Waals surface area contributed by atoms with Gasteiger partial charge in [-0.05, 0) is 30.3 Å². The Hall–Kier alpha value is -2.26. The highest BCUT2D eigenvalue weighted by Crippen LogP contribution is 2.36. The van der Waals surface area contributed by atoms with Gasteiger partial charge in [-0.3, -0.25) is 0 Å². The lowest BCUT2D eigenvalue weighted by molar-refractivity contribution is 0.138. The molecule has 4 rings (SSSR count). The molecule has 3 heteroatoms. The van der Waals surface area contributed by atoms with Crippen molar-refractivity contribution in [3.05, 3.63) is 65.7 Å². The van der Waals surface area contributed by atoms with E-state index in [0.29, 0.717) is 6.61 Å². The second-order valence-corrected chi connectivity index (χ2v) is 5.90. The molecule has 3 nitrogen and oxygen atoms in total. The van der Waals surface area contributed by atoms with Crippen molar-refractivity contribution in [1.82, 2.24) is 5.32 Å². The molecular weight excluding hydrogens is 274 g/mol. The minimum Gasteiger partial charge on any atom is -0.489 e. The Morgan fingerprint density at radius 2 is 2.05 bits per heavy atom. The maximum atomic E-state index is 6.24. The maximum Gasteiger partial charge on any atom is 0.141 e. The van der Waals surface area contributed by atoms with Crippen molar-refractivity contribution in [1.29, 1.82) is 0 Å². The van der Waals surface area contributed by atoms with Gasteiger partial charge in [-0.1, -0.05) is 36.4 Å². The predicted octanol–water partition coefficient (Wildman–Crippen LogP) is 3.40. The molecule has 2 aliphatic heterocycles. The Labute approximate surface area is 130 Å². The second kappa shape index (κ2) is 5.50. The van der Waals surface area contributed by atoms with Crippen LogP contribution in [0.15, 0.2) is 54.6 Å². The van der Waals surface area contributed by atoms with Gasteiger partial charge in [0.1, 0.15) is 23.7 Å². The highest BCUT2D eigenvalue weighted by molar-refractivity contribution is 5.63. The third-order valence-electron chi connectivity index (χ3n) is 4.26. The van der Waals surface area contributed by atoms with Gasteiger partial charge in [-0.15, -0.1) is 0 Å². The highest BCUT2D eigenvalue weighted by Gasteiger charge is 2.35. The number of ether oxygens (including phenoxy) is 2. The molecule has 2 aromatic rings. The molecule has 1 N–H and O–H groups in total. The van der Waals surface area contributed by atoms with E-state index in [4.69, 9.17) is 9.47 Å². The summed E-state index contributed by atoms with van der Waals surface area (Å²) in [6.45, 7) is 2.45. The van der Waals surface area contributed by atoms with E-state index in [-0.39, 0.29) is 5.60 Å². The van der Waals surface area contributed by atoms with Crippen LogP contribution in [0.25, 0.3) is 6.08 Å². The number of rotatable bonds is 3. The lowest BCUT2D eigenvalue weighted by Gasteiger charge is -2.30. The molecule has 0 radical (unpaired) electrons. The molecule has 0 bridgehead atoms. The molecule has 112 valence electrons. The van der Waals surface area contributed by atoms with Gasteiger partial charge in [0.2, 0.25) is 0 Å². The molecular formula is C19H19NO2. The highest BCUT2D eigenvalue weighted by atomic mass is 16.5. The van der Waals surface area contributed by atoms with Gasteiger partial charge >= 0.3 is 0 Å². The van der Waals surface area contributed by atoms with Crippen LogP contribution in [0.5, 0.6) is 11.5 Å². The van der Waals surface area contributed by atoms with Crippen LogP contribution < -0.4 is 14.8 Å². The largest absolute Gasteiger partial charge is 0.489 e. The molecule has 0 aromatic heterocycles. The van der Waals surface area contributed by atoms with Crippen molar-refractivity contribution in [2.75, 3.05) is 13.1 Å². The van der Waals surface area contributed by atoms with Crippen LogP contribution in [0.1, 0.15) is 17.5 Å². The zero-order valence-corrected chi connectivity index (χ0v) is 12.4. The summed E-state index contributed by atoms with van der Waals surface area (Å²) in [4.78, 5) is 0. The van der Waals surface area contributed by atoms with Gasteiger partial charge < -0.3 is 14.8 Å². The first kappa shape index (κ1) is 13.4. The van der Waals surface area contributed by atoms with Crippen molar-refractivity contribution in [3.63, 3.8) is 0 Å². The molecule has 1 unspecified atom stereocenters. The van der Waals surface area contributed by atoms with E-state index in [9.17, 15) is 0 Å². The summed E-state index contributed by atoms with van der Waals surface area (Å²) in [5.74, 6) is 1.76. The first-order chi connectivity index (χ1) is 10.8. The Morgan fingerprint density at radius 3 is 2.86 bits per heavy atom. The SMILES string of the molecule is C1=CC2(CCNC2)Oc2cc(OCc3ccccc3)ccc21. The Bertz CT molecular complexity index is 688. The number of hydrogen-bond acceptors (Lipinski definition) is 3. The van der Waals surface area contributed by atoms with Crippen LogP contribution in [0, 0.1) is 0 Å². The number of fused-ring (bicyclic) bond motifs is 1. The molecule has 0 amide bonds. The maximum absolute atomic E-state index is 6.24. The van der Waals surface area contributed by atoms with Gasteiger partial charge in [0, 0.05) is 24.6 Å². The fraction of sp³-hybridized carbons (Fsp3) is 0.263. The summed E-state index contributed by atoms with van der Waals surface area (Å²) in [5, 5.41) is 3.37. The summed E-state index contributed by atoms with van der Waals surface area (Å²) in [6.07, 6.45) is 5.35. The zero-order chi connectivity index (χ0) is 14.8. The average molecular weight is 293 g/mol. The van der Waals surface area contributed by atoms with E-state index >= 15 is 0 Å². The third-order valence-corrected chi connectivity index (χ3v) is 4.26. The summed E-state index contributed by atoms with van der Waals surface area (Å²) in [7, 11) is 0. The lowest BCUT2D eigenvalue weighted by Crippen LogP contribution is -2.37. The lowest BCUT2D eigenvalue weighted by atomic mass is 9.97. The Morgan fingerprint density at radius 1 is 1.14 bits per heavy atom. The molecule has 22 heavy (non-hydrogen) atoms. The predicted molar refractivity (Wildman–Crippen MR) is 87.1 cm³/mol. The summed E-state index contributed by atoms with van der Waals surface area (Å²) in [5.41, 5.74) is 2.10.